The van der Waals surface area contributed by atoms with Crippen LogP contribution in [0.2, 0.25) is 0 Å². The summed E-state index contributed by atoms with van der Waals surface area (Å²) in [6.07, 6.45) is 0.0253. The Morgan fingerprint density at radius 1 is 0.938 bits per heavy atom. The van der Waals surface area contributed by atoms with Crippen LogP contribution < -0.4 is 0 Å². The first kappa shape index (κ1) is 15.3. The Bertz CT molecular complexity index is 161. The first-order chi connectivity index (χ1) is 7.77. The summed E-state index contributed by atoms with van der Waals surface area (Å²) in [4.78, 5) is 10.1. The fourth-order valence-corrected chi connectivity index (χ4v) is 0.800. The zero-order chi connectivity index (χ0) is 12.1. The van der Waals surface area contributed by atoms with Crippen molar-refractivity contribution in [1.82, 2.24) is 0 Å². The third-order valence-electron chi connectivity index (χ3n) is 1.58. The minimum Gasteiger partial charge on any atom is -0.481 e. The smallest absolute Gasteiger partial charge is 0.305 e. The van der Waals surface area contributed by atoms with Crippen LogP contribution in [0, 0.1) is 0 Å². The van der Waals surface area contributed by atoms with Gasteiger partial charge in [-0.3, -0.25) is 4.79 Å². The molecule has 0 aromatic carbocycles. The molecule has 0 radical (unpaired) electrons. The van der Waals surface area contributed by atoms with Gasteiger partial charge in [-0.15, -0.1) is 0 Å². The van der Waals surface area contributed by atoms with E-state index < -0.39 is 5.97 Å². The summed E-state index contributed by atoms with van der Waals surface area (Å²) < 4.78 is 20.2. The van der Waals surface area contributed by atoms with E-state index in [0.717, 1.165) is 0 Å². The fraction of sp³-hybridized carbons (Fsp3) is 0.900. The Morgan fingerprint density at radius 3 is 2.06 bits per heavy atom. The molecule has 0 atom stereocenters. The number of carbonyl (C=O) groups is 1. The Labute approximate surface area is 95.4 Å². The molecule has 0 bridgehead atoms. The first-order valence-electron chi connectivity index (χ1n) is 5.30. The average molecular weight is 236 g/mol. The number of carboxylic acids is 1. The second-order valence-electron chi connectivity index (χ2n) is 2.89. The van der Waals surface area contributed by atoms with E-state index in [1.807, 2.05) is 6.92 Å². The molecule has 0 saturated carbocycles. The Balaban J connectivity index is 2.90. The first-order valence-corrected chi connectivity index (χ1v) is 5.30. The summed E-state index contributed by atoms with van der Waals surface area (Å²) in [7, 11) is 0. The minimum absolute atomic E-state index is 0.0253. The van der Waals surface area contributed by atoms with E-state index in [2.05, 4.69) is 0 Å². The van der Waals surface area contributed by atoms with E-state index in [1.54, 1.807) is 0 Å². The third-order valence-corrected chi connectivity index (χ3v) is 1.58. The van der Waals surface area contributed by atoms with E-state index >= 15 is 0 Å². The number of carboxylic acid groups (broad SMARTS) is 1. The SMILES string of the molecule is CCOCOCCOCCOCCC(=O)O. The molecular formula is C10H20O6. The van der Waals surface area contributed by atoms with Crippen molar-refractivity contribution < 1.29 is 28.8 Å². The van der Waals surface area contributed by atoms with Crippen LogP contribution in [0.4, 0.5) is 0 Å². The lowest BCUT2D eigenvalue weighted by atomic mass is 10.5. The van der Waals surface area contributed by atoms with Crippen LogP contribution in [-0.4, -0.2) is 57.5 Å². The summed E-state index contributed by atoms with van der Waals surface area (Å²) >= 11 is 0. The maximum Gasteiger partial charge on any atom is 0.305 e. The van der Waals surface area contributed by atoms with Crippen LogP contribution in [0.5, 0.6) is 0 Å². The standard InChI is InChI=1S/C10H20O6/c1-2-13-9-16-8-7-15-6-5-14-4-3-10(11)12/h2-9H2,1H3,(H,11,12). The third kappa shape index (κ3) is 13.3. The maximum atomic E-state index is 10.1. The van der Waals surface area contributed by atoms with Gasteiger partial charge in [0.15, 0.2) is 0 Å². The van der Waals surface area contributed by atoms with Gasteiger partial charge in [-0.1, -0.05) is 0 Å². The molecule has 0 aliphatic carbocycles. The van der Waals surface area contributed by atoms with Crippen molar-refractivity contribution in [3.63, 3.8) is 0 Å². The van der Waals surface area contributed by atoms with Gasteiger partial charge in [0.2, 0.25) is 0 Å². The van der Waals surface area contributed by atoms with Crippen molar-refractivity contribution in [1.29, 1.82) is 0 Å². The molecule has 0 rings (SSSR count). The van der Waals surface area contributed by atoms with Gasteiger partial charge >= 0.3 is 5.97 Å². The highest BCUT2D eigenvalue weighted by Crippen LogP contribution is 1.85. The molecule has 0 aromatic heterocycles. The highest BCUT2D eigenvalue weighted by Gasteiger charge is 1.96. The largest absolute Gasteiger partial charge is 0.481 e. The number of hydrogen-bond acceptors (Lipinski definition) is 5. The molecule has 16 heavy (non-hydrogen) atoms. The monoisotopic (exact) mass is 236 g/mol. The second-order valence-corrected chi connectivity index (χ2v) is 2.89. The summed E-state index contributed by atoms with van der Waals surface area (Å²) in [5, 5.41) is 8.32. The normalized spacial score (nSPS) is 10.6. The zero-order valence-electron chi connectivity index (χ0n) is 9.65. The molecule has 0 unspecified atom stereocenters. The molecule has 0 saturated heterocycles. The quantitative estimate of drug-likeness (QED) is 0.393. The summed E-state index contributed by atoms with van der Waals surface area (Å²) in [6.45, 7) is 4.85. The van der Waals surface area contributed by atoms with Gasteiger partial charge < -0.3 is 24.1 Å². The van der Waals surface area contributed by atoms with Crippen LogP contribution in [0.15, 0.2) is 0 Å². The van der Waals surface area contributed by atoms with Gasteiger partial charge in [0.25, 0.3) is 0 Å². The predicted molar refractivity (Wildman–Crippen MR) is 56.3 cm³/mol. The van der Waals surface area contributed by atoms with Gasteiger partial charge in [0.1, 0.15) is 6.79 Å². The molecule has 6 nitrogen and oxygen atoms in total. The summed E-state index contributed by atoms with van der Waals surface area (Å²) in [5.74, 6) is -0.856. The Kier molecular flexibility index (Phi) is 11.8. The van der Waals surface area contributed by atoms with Crippen LogP contribution in [-0.2, 0) is 23.7 Å². The number of aliphatic carboxylic acids is 1. The second kappa shape index (κ2) is 12.4. The van der Waals surface area contributed by atoms with Crippen LogP contribution >= 0.6 is 0 Å². The summed E-state index contributed by atoms with van der Waals surface area (Å²) in [5.41, 5.74) is 0. The van der Waals surface area contributed by atoms with Crippen molar-refractivity contribution >= 4 is 5.97 Å². The maximum absolute atomic E-state index is 10.1. The molecule has 0 aliphatic rings. The number of rotatable bonds is 12. The number of ether oxygens (including phenoxy) is 4. The van der Waals surface area contributed by atoms with Crippen molar-refractivity contribution in [3.8, 4) is 0 Å². The zero-order valence-corrected chi connectivity index (χ0v) is 9.65. The molecule has 0 fully saturated rings. The van der Waals surface area contributed by atoms with Crippen LogP contribution in [0.1, 0.15) is 13.3 Å². The highest BCUT2D eigenvalue weighted by atomic mass is 16.7. The molecule has 0 amide bonds. The molecular weight excluding hydrogens is 216 g/mol. The van der Waals surface area contributed by atoms with Gasteiger partial charge in [-0.25, -0.2) is 0 Å². The molecule has 0 aromatic rings. The lowest BCUT2D eigenvalue weighted by molar-refractivity contribution is -0.138. The topological polar surface area (TPSA) is 74.2 Å². The van der Waals surface area contributed by atoms with Crippen molar-refractivity contribution in [2.45, 2.75) is 13.3 Å². The van der Waals surface area contributed by atoms with Crippen molar-refractivity contribution in [3.05, 3.63) is 0 Å². The summed E-state index contributed by atoms with van der Waals surface area (Å²) in [6, 6.07) is 0. The molecule has 6 heteroatoms. The van der Waals surface area contributed by atoms with Crippen LogP contribution in [0.25, 0.3) is 0 Å². The molecule has 0 spiro atoms. The van der Waals surface area contributed by atoms with Crippen LogP contribution in [0.3, 0.4) is 0 Å². The van der Waals surface area contributed by atoms with Gasteiger partial charge in [-0.2, -0.15) is 0 Å². The van der Waals surface area contributed by atoms with E-state index in [9.17, 15) is 4.79 Å². The van der Waals surface area contributed by atoms with E-state index in [0.29, 0.717) is 33.0 Å². The van der Waals surface area contributed by atoms with Gasteiger partial charge in [-0.05, 0) is 6.92 Å². The van der Waals surface area contributed by atoms with E-state index in [4.69, 9.17) is 24.1 Å². The Morgan fingerprint density at radius 2 is 1.50 bits per heavy atom. The fourth-order valence-electron chi connectivity index (χ4n) is 0.800. The molecule has 96 valence electrons. The molecule has 0 aliphatic heterocycles. The predicted octanol–water partition coefficient (Wildman–Crippen LogP) is 0.505. The Hall–Kier alpha value is -0.690. The van der Waals surface area contributed by atoms with Gasteiger partial charge in [0, 0.05) is 6.61 Å². The van der Waals surface area contributed by atoms with Crippen molar-refractivity contribution in [2.24, 2.45) is 0 Å². The average Bonchev–Trinajstić information content (AvgIpc) is 2.25. The molecule has 1 N–H and O–H groups in total. The molecule has 0 heterocycles. The van der Waals surface area contributed by atoms with Crippen molar-refractivity contribution in [2.75, 3.05) is 46.4 Å². The lowest BCUT2D eigenvalue weighted by Crippen LogP contribution is -2.12. The highest BCUT2D eigenvalue weighted by molar-refractivity contribution is 5.66. The minimum atomic E-state index is -0.856. The van der Waals surface area contributed by atoms with E-state index in [-0.39, 0.29) is 19.8 Å². The van der Waals surface area contributed by atoms with Gasteiger partial charge in [0.05, 0.1) is 39.5 Å². The van der Waals surface area contributed by atoms with E-state index in [1.165, 1.54) is 0 Å². The lowest BCUT2D eigenvalue weighted by Gasteiger charge is -2.06. The number of hydrogen-bond donors (Lipinski definition) is 1.